The summed E-state index contributed by atoms with van der Waals surface area (Å²) in [5.74, 6) is 0.724. The maximum atomic E-state index is 6.10. The minimum absolute atomic E-state index is 0. The van der Waals surface area contributed by atoms with Crippen LogP contribution in [0.25, 0.3) is 0 Å². The summed E-state index contributed by atoms with van der Waals surface area (Å²) >= 11 is 0. The van der Waals surface area contributed by atoms with Gasteiger partial charge in [0.2, 0.25) is 0 Å². The molecule has 0 bridgehead atoms. The molecule has 0 saturated heterocycles. The Bertz CT molecular complexity index is 100. The van der Waals surface area contributed by atoms with Crippen LogP contribution in [0, 0.1) is 5.92 Å². The topological polar surface area (TPSA) is 26.0 Å². The lowest BCUT2D eigenvalue weighted by Gasteiger charge is -2.26. The highest BCUT2D eigenvalue weighted by Gasteiger charge is 2.18. The lowest BCUT2D eigenvalue weighted by molar-refractivity contribution is 0.338. The Morgan fingerprint density at radius 2 is 1.83 bits per heavy atom. The van der Waals surface area contributed by atoms with Crippen molar-refractivity contribution in [2.24, 2.45) is 11.7 Å². The molecule has 0 radical (unpaired) electrons. The summed E-state index contributed by atoms with van der Waals surface area (Å²) in [5.41, 5.74) is 6.18. The van der Waals surface area contributed by atoms with E-state index in [0.717, 1.165) is 12.3 Å². The molecule has 0 aromatic rings. The van der Waals surface area contributed by atoms with Gasteiger partial charge in [-0.15, -0.1) is 12.4 Å². The second-order valence-corrected chi connectivity index (χ2v) is 4.36. The maximum absolute atomic E-state index is 6.10. The van der Waals surface area contributed by atoms with Gasteiger partial charge in [-0.3, -0.25) is 0 Å². The molecular formula is C10H24ClN. The van der Waals surface area contributed by atoms with E-state index in [4.69, 9.17) is 5.73 Å². The van der Waals surface area contributed by atoms with E-state index in [0.29, 0.717) is 0 Å². The third-order valence-corrected chi connectivity index (χ3v) is 1.98. The van der Waals surface area contributed by atoms with Gasteiger partial charge in [-0.05, 0) is 25.7 Å². The van der Waals surface area contributed by atoms with Gasteiger partial charge in [-0.2, -0.15) is 0 Å². The van der Waals surface area contributed by atoms with Crippen molar-refractivity contribution < 1.29 is 0 Å². The van der Waals surface area contributed by atoms with Gasteiger partial charge in [-0.1, -0.05) is 33.6 Å². The second-order valence-electron chi connectivity index (χ2n) is 4.36. The van der Waals surface area contributed by atoms with Crippen molar-refractivity contribution in [1.29, 1.82) is 0 Å². The first-order valence-electron chi connectivity index (χ1n) is 4.77. The van der Waals surface area contributed by atoms with Gasteiger partial charge < -0.3 is 5.73 Å². The lowest BCUT2D eigenvalue weighted by atomic mass is 9.87. The van der Waals surface area contributed by atoms with Crippen LogP contribution >= 0.6 is 12.4 Å². The highest BCUT2D eigenvalue weighted by atomic mass is 35.5. The van der Waals surface area contributed by atoms with Gasteiger partial charge >= 0.3 is 0 Å². The van der Waals surface area contributed by atoms with Crippen molar-refractivity contribution in [3.63, 3.8) is 0 Å². The van der Waals surface area contributed by atoms with Gasteiger partial charge in [0.1, 0.15) is 0 Å². The highest BCUT2D eigenvalue weighted by Crippen LogP contribution is 2.19. The molecule has 1 unspecified atom stereocenters. The predicted molar refractivity (Wildman–Crippen MR) is 58.8 cm³/mol. The molecular weight excluding hydrogens is 170 g/mol. The van der Waals surface area contributed by atoms with Crippen molar-refractivity contribution in [2.75, 3.05) is 0 Å². The van der Waals surface area contributed by atoms with Crippen molar-refractivity contribution in [3.8, 4) is 0 Å². The average Bonchev–Trinajstić information content (AvgIpc) is 1.81. The predicted octanol–water partition coefficient (Wildman–Crippen LogP) is 3.36. The van der Waals surface area contributed by atoms with E-state index in [2.05, 4.69) is 27.7 Å². The molecule has 0 aliphatic heterocycles. The summed E-state index contributed by atoms with van der Waals surface area (Å²) in [4.78, 5) is 0. The molecule has 12 heavy (non-hydrogen) atoms. The van der Waals surface area contributed by atoms with Gasteiger partial charge in [-0.25, -0.2) is 0 Å². The Morgan fingerprint density at radius 1 is 1.33 bits per heavy atom. The van der Waals surface area contributed by atoms with E-state index in [1.165, 1.54) is 19.3 Å². The highest BCUT2D eigenvalue weighted by molar-refractivity contribution is 5.85. The normalized spacial score (nSPS) is 15.5. The quantitative estimate of drug-likeness (QED) is 0.712. The summed E-state index contributed by atoms with van der Waals surface area (Å²) < 4.78 is 0. The van der Waals surface area contributed by atoms with E-state index >= 15 is 0 Å². The zero-order valence-electron chi connectivity index (χ0n) is 8.89. The average molecular weight is 194 g/mol. The molecule has 0 aromatic heterocycles. The molecule has 0 aliphatic carbocycles. The molecule has 1 atom stereocenters. The summed E-state index contributed by atoms with van der Waals surface area (Å²) in [6, 6.07) is 0. The van der Waals surface area contributed by atoms with Crippen molar-refractivity contribution >= 4 is 12.4 Å². The summed E-state index contributed by atoms with van der Waals surface area (Å²) in [7, 11) is 0. The largest absolute Gasteiger partial charge is 0.325 e. The van der Waals surface area contributed by atoms with Crippen LogP contribution in [0.5, 0.6) is 0 Å². The first kappa shape index (κ1) is 14.8. The summed E-state index contributed by atoms with van der Waals surface area (Å²) in [6.07, 6.45) is 4.83. The molecule has 0 aromatic carbocycles. The number of hydrogen-bond donors (Lipinski definition) is 1. The number of hydrogen-bond acceptors (Lipinski definition) is 1. The Morgan fingerprint density at radius 3 is 2.17 bits per heavy atom. The van der Waals surface area contributed by atoms with E-state index in [1.54, 1.807) is 0 Å². The molecule has 0 heterocycles. The SMILES string of the molecule is CCCCC(C)(N)CC(C)C.Cl. The van der Waals surface area contributed by atoms with Crippen LogP contribution in [0.1, 0.15) is 53.4 Å². The molecule has 0 fully saturated rings. The van der Waals surface area contributed by atoms with Crippen LogP contribution in [-0.4, -0.2) is 5.54 Å². The fourth-order valence-electron chi connectivity index (χ4n) is 1.62. The molecule has 0 amide bonds. The fourth-order valence-corrected chi connectivity index (χ4v) is 1.62. The lowest BCUT2D eigenvalue weighted by Crippen LogP contribution is -2.37. The molecule has 0 rings (SSSR count). The number of nitrogens with two attached hydrogens (primary N) is 1. The zero-order valence-corrected chi connectivity index (χ0v) is 9.71. The van der Waals surface area contributed by atoms with Crippen LogP contribution in [0.4, 0.5) is 0 Å². The molecule has 2 N–H and O–H groups in total. The Balaban J connectivity index is 0. The first-order chi connectivity index (χ1) is 4.98. The van der Waals surface area contributed by atoms with E-state index in [9.17, 15) is 0 Å². The van der Waals surface area contributed by atoms with Crippen molar-refractivity contribution in [1.82, 2.24) is 0 Å². The first-order valence-corrected chi connectivity index (χ1v) is 4.77. The fraction of sp³-hybridized carbons (Fsp3) is 1.00. The van der Waals surface area contributed by atoms with E-state index in [-0.39, 0.29) is 17.9 Å². The van der Waals surface area contributed by atoms with Crippen LogP contribution in [0.2, 0.25) is 0 Å². The van der Waals surface area contributed by atoms with Crippen LogP contribution < -0.4 is 5.73 Å². The van der Waals surface area contributed by atoms with Crippen LogP contribution in [-0.2, 0) is 0 Å². The van der Waals surface area contributed by atoms with Crippen molar-refractivity contribution in [3.05, 3.63) is 0 Å². The van der Waals surface area contributed by atoms with Crippen LogP contribution in [0.15, 0.2) is 0 Å². The standard InChI is InChI=1S/C10H23N.ClH/c1-5-6-7-10(4,11)8-9(2)3;/h9H,5-8,11H2,1-4H3;1H. The Hall–Kier alpha value is 0.250. The molecule has 0 saturated carbocycles. The maximum Gasteiger partial charge on any atom is 0.0128 e. The van der Waals surface area contributed by atoms with Gasteiger partial charge in [0.25, 0.3) is 0 Å². The molecule has 2 heteroatoms. The van der Waals surface area contributed by atoms with Gasteiger partial charge in [0, 0.05) is 5.54 Å². The number of unbranched alkanes of at least 4 members (excludes halogenated alkanes) is 1. The third-order valence-electron chi connectivity index (χ3n) is 1.98. The number of rotatable bonds is 5. The van der Waals surface area contributed by atoms with E-state index in [1.807, 2.05) is 0 Å². The zero-order chi connectivity index (χ0) is 8.91. The van der Waals surface area contributed by atoms with E-state index < -0.39 is 0 Å². The molecule has 0 aliphatic rings. The smallest absolute Gasteiger partial charge is 0.0128 e. The number of halogens is 1. The third kappa shape index (κ3) is 8.35. The Labute approximate surface area is 83.5 Å². The second kappa shape index (κ2) is 6.73. The minimum atomic E-state index is 0. The van der Waals surface area contributed by atoms with Crippen LogP contribution in [0.3, 0.4) is 0 Å². The molecule has 1 nitrogen and oxygen atoms in total. The Kier molecular flexibility index (Phi) is 8.28. The summed E-state index contributed by atoms with van der Waals surface area (Å²) in [6.45, 7) is 8.85. The molecule has 76 valence electrons. The van der Waals surface area contributed by atoms with Gasteiger partial charge in [0.15, 0.2) is 0 Å². The monoisotopic (exact) mass is 193 g/mol. The van der Waals surface area contributed by atoms with Crippen molar-refractivity contribution in [2.45, 2.75) is 58.9 Å². The summed E-state index contributed by atoms with van der Waals surface area (Å²) in [5, 5.41) is 0. The van der Waals surface area contributed by atoms with Gasteiger partial charge in [0.05, 0.1) is 0 Å². The molecule has 0 spiro atoms. The minimum Gasteiger partial charge on any atom is -0.325 e.